The van der Waals surface area contributed by atoms with Crippen molar-refractivity contribution in [3.05, 3.63) is 58.9 Å². The zero-order valence-corrected chi connectivity index (χ0v) is 12.2. The van der Waals surface area contributed by atoms with E-state index in [4.69, 9.17) is 5.11 Å². The summed E-state index contributed by atoms with van der Waals surface area (Å²) in [6, 6.07) is 9.32. The molecule has 0 aliphatic heterocycles. The second kappa shape index (κ2) is 4.74. The summed E-state index contributed by atoms with van der Waals surface area (Å²) in [7, 11) is 0. The Balaban J connectivity index is 2.21. The first-order chi connectivity index (χ1) is 9.97. The van der Waals surface area contributed by atoms with Crippen molar-refractivity contribution in [1.29, 1.82) is 0 Å². The van der Waals surface area contributed by atoms with Crippen LogP contribution in [0.4, 0.5) is 0 Å². The highest BCUT2D eigenvalue weighted by Crippen LogP contribution is 2.24. The van der Waals surface area contributed by atoms with Crippen LogP contribution in [0.3, 0.4) is 0 Å². The van der Waals surface area contributed by atoms with Gasteiger partial charge in [0.25, 0.3) is 0 Å². The van der Waals surface area contributed by atoms with Gasteiger partial charge in [-0.1, -0.05) is 0 Å². The fourth-order valence-electron chi connectivity index (χ4n) is 2.51. The van der Waals surface area contributed by atoms with Gasteiger partial charge in [-0.2, -0.15) is 0 Å². The molecule has 2 aromatic carbocycles. The number of imidazole rings is 1. The Morgan fingerprint density at radius 3 is 2.43 bits per heavy atom. The molecule has 0 atom stereocenters. The Hall–Kier alpha value is -2.62. The first kappa shape index (κ1) is 13.4. The number of benzene rings is 2. The van der Waals surface area contributed by atoms with E-state index in [0.29, 0.717) is 5.56 Å². The number of carboxylic acid groups (broad SMARTS) is 1. The van der Waals surface area contributed by atoms with Gasteiger partial charge in [0.15, 0.2) is 0 Å². The molecule has 3 aromatic rings. The Bertz CT molecular complexity index is 863. The number of aromatic nitrogens is 2. The lowest BCUT2D eigenvalue weighted by Gasteiger charge is -2.10. The van der Waals surface area contributed by atoms with Gasteiger partial charge in [-0.25, -0.2) is 9.78 Å². The van der Waals surface area contributed by atoms with Crippen LogP contribution < -0.4 is 0 Å². The third kappa shape index (κ3) is 2.18. The van der Waals surface area contributed by atoms with Crippen LogP contribution >= 0.6 is 0 Å². The molecule has 0 aliphatic rings. The van der Waals surface area contributed by atoms with Gasteiger partial charge < -0.3 is 5.11 Å². The van der Waals surface area contributed by atoms with Crippen molar-refractivity contribution >= 4 is 17.0 Å². The van der Waals surface area contributed by atoms with Crippen LogP contribution in [-0.4, -0.2) is 20.6 Å². The van der Waals surface area contributed by atoms with E-state index in [1.54, 1.807) is 18.5 Å². The minimum atomic E-state index is -0.911. The highest BCUT2D eigenvalue weighted by molar-refractivity contribution is 5.88. The Morgan fingerprint density at radius 1 is 1.05 bits per heavy atom. The molecule has 1 heterocycles. The lowest BCUT2D eigenvalue weighted by atomic mass is 10.1. The molecular weight excluding hydrogens is 264 g/mol. The van der Waals surface area contributed by atoms with Crippen LogP contribution in [0.1, 0.15) is 27.0 Å². The Morgan fingerprint density at radius 2 is 1.76 bits per heavy atom. The van der Waals surface area contributed by atoms with Gasteiger partial charge in [0, 0.05) is 0 Å². The monoisotopic (exact) mass is 280 g/mol. The molecule has 0 saturated carbocycles. The number of hydrogen-bond acceptors (Lipinski definition) is 2. The van der Waals surface area contributed by atoms with Crippen LogP contribution in [0.2, 0.25) is 0 Å². The van der Waals surface area contributed by atoms with E-state index in [9.17, 15) is 4.79 Å². The number of hydrogen-bond donors (Lipinski definition) is 1. The van der Waals surface area contributed by atoms with E-state index in [2.05, 4.69) is 31.0 Å². The van der Waals surface area contributed by atoms with Gasteiger partial charge in [0.1, 0.15) is 6.33 Å². The van der Waals surface area contributed by atoms with Gasteiger partial charge in [-0.15, -0.1) is 0 Å². The zero-order valence-electron chi connectivity index (χ0n) is 12.2. The van der Waals surface area contributed by atoms with Crippen molar-refractivity contribution in [1.82, 2.24) is 9.55 Å². The van der Waals surface area contributed by atoms with Gasteiger partial charge in [0.05, 0.1) is 22.3 Å². The molecule has 106 valence electrons. The van der Waals surface area contributed by atoms with Gasteiger partial charge in [-0.05, 0) is 67.8 Å². The number of rotatable bonds is 2. The van der Waals surface area contributed by atoms with Crippen LogP contribution in [0.5, 0.6) is 0 Å². The summed E-state index contributed by atoms with van der Waals surface area (Å²) in [5.74, 6) is -0.911. The molecule has 0 aliphatic carbocycles. The highest BCUT2D eigenvalue weighted by atomic mass is 16.4. The second-order valence-electron chi connectivity index (χ2n) is 5.35. The van der Waals surface area contributed by atoms with Crippen molar-refractivity contribution < 1.29 is 9.90 Å². The topological polar surface area (TPSA) is 55.1 Å². The van der Waals surface area contributed by atoms with Crippen molar-refractivity contribution in [2.24, 2.45) is 0 Å². The van der Waals surface area contributed by atoms with Crippen LogP contribution in [0.25, 0.3) is 16.7 Å². The third-order valence-electron chi connectivity index (χ3n) is 3.87. The molecule has 0 saturated heterocycles. The van der Waals surface area contributed by atoms with Crippen molar-refractivity contribution in [2.75, 3.05) is 0 Å². The van der Waals surface area contributed by atoms with E-state index >= 15 is 0 Å². The maximum atomic E-state index is 11.0. The number of carbonyl (C=O) groups is 1. The summed E-state index contributed by atoms with van der Waals surface area (Å²) in [4.78, 5) is 15.5. The first-order valence-electron chi connectivity index (χ1n) is 6.76. The van der Waals surface area contributed by atoms with E-state index in [-0.39, 0.29) is 0 Å². The summed E-state index contributed by atoms with van der Waals surface area (Å²) < 4.78 is 2.00. The standard InChI is InChI=1S/C17H16N2O2/c1-10-7-14-16(8-11(10)2)19(9-18-14)15-5-4-13(17(20)21)6-12(15)3/h4-9H,1-3H3,(H,20,21). The molecule has 4 nitrogen and oxygen atoms in total. The van der Waals surface area contributed by atoms with E-state index in [1.165, 1.54) is 11.1 Å². The average molecular weight is 280 g/mol. The first-order valence-corrected chi connectivity index (χ1v) is 6.76. The molecular formula is C17H16N2O2. The lowest BCUT2D eigenvalue weighted by molar-refractivity contribution is 0.0697. The number of aromatic carboxylic acids is 1. The van der Waals surface area contributed by atoms with Gasteiger partial charge in [0.2, 0.25) is 0 Å². The molecule has 0 spiro atoms. The summed E-state index contributed by atoms with van der Waals surface area (Å²) >= 11 is 0. The third-order valence-corrected chi connectivity index (χ3v) is 3.87. The SMILES string of the molecule is Cc1cc2ncn(-c3ccc(C(=O)O)cc3C)c2cc1C. The quantitative estimate of drug-likeness (QED) is 0.779. The van der Waals surface area contributed by atoms with Crippen molar-refractivity contribution in [2.45, 2.75) is 20.8 Å². The fourth-order valence-corrected chi connectivity index (χ4v) is 2.51. The van der Waals surface area contributed by atoms with E-state index < -0.39 is 5.97 Å². The van der Waals surface area contributed by atoms with E-state index in [0.717, 1.165) is 22.3 Å². The summed E-state index contributed by atoms with van der Waals surface area (Å²) in [5, 5.41) is 9.05. The van der Waals surface area contributed by atoms with Gasteiger partial charge in [-0.3, -0.25) is 4.57 Å². The van der Waals surface area contributed by atoms with Crippen molar-refractivity contribution in [3.8, 4) is 5.69 Å². The van der Waals surface area contributed by atoms with Crippen LogP contribution in [-0.2, 0) is 0 Å². The number of nitrogens with zero attached hydrogens (tertiary/aromatic N) is 2. The minimum Gasteiger partial charge on any atom is -0.478 e. The highest BCUT2D eigenvalue weighted by Gasteiger charge is 2.10. The van der Waals surface area contributed by atoms with Gasteiger partial charge >= 0.3 is 5.97 Å². The summed E-state index contributed by atoms with van der Waals surface area (Å²) in [6.45, 7) is 6.06. The molecule has 21 heavy (non-hydrogen) atoms. The Kier molecular flexibility index (Phi) is 3.01. The molecule has 1 N–H and O–H groups in total. The fraction of sp³-hybridized carbons (Fsp3) is 0.176. The molecule has 0 radical (unpaired) electrons. The predicted octanol–water partition coefficient (Wildman–Crippen LogP) is 3.65. The summed E-state index contributed by atoms with van der Waals surface area (Å²) in [6.07, 6.45) is 1.78. The Labute approximate surface area is 122 Å². The largest absolute Gasteiger partial charge is 0.478 e. The predicted molar refractivity (Wildman–Crippen MR) is 82.2 cm³/mol. The second-order valence-corrected chi connectivity index (χ2v) is 5.35. The summed E-state index contributed by atoms with van der Waals surface area (Å²) in [5.41, 5.74) is 6.56. The van der Waals surface area contributed by atoms with Crippen LogP contribution in [0, 0.1) is 20.8 Å². The molecule has 0 fully saturated rings. The lowest BCUT2D eigenvalue weighted by Crippen LogP contribution is -2.01. The van der Waals surface area contributed by atoms with Crippen LogP contribution in [0.15, 0.2) is 36.7 Å². The molecule has 1 aromatic heterocycles. The number of aryl methyl sites for hydroxylation is 3. The number of carboxylic acids is 1. The van der Waals surface area contributed by atoms with Crippen molar-refractivity contribution in [3.63, 3.8) is 0 Å². The zero-order chi connectivity index (χ0) is 15.1. The van der Waals surface area contributed by atoms with E-state index in [1.807, 2.05) is 17.6 Å². The molecule has 3 rings (SSSR count). The normalized spacial score (nSPS) is 11.0. The number of fused-ring (bicyclic) bond motifs is 1. The molecule has 0 unspecified atom stereocenters. The average Bonchev–Trinajstić information content (AvgIpc) is 2.82. The minimum absolute atomic E-state index is 0.299. The molecule has 0 amide bonds. The molecule has 4 heteroatoms. The molecule has 0 bridgehead atoms. The smallest absolute Gasteiger partial charge is 0.335 e. The maximum Gasteiger partial charge on any atom is 0.335 e. The maximum absolute atomic E-state index is 11.0.